The van der Waals surface area contributed by atoms with Crippen LogP contribution < -0.4 is 24.8 Å². The third-order valence-corrected chi connectivity index (χ3v) is 4.21. The molecule has 146 valence electrons. The van der Waals surface area contributed by atoms with Gasteiger partial charge in [0.1, 0.15) is 0 Å². The average Bonchev–Trinajstić information content (AvgIpc) is 2.69. The summed E-state index contributed by atoms with van der Waals surface area (Å²) in [5.74, 6) is 2.44. The molecule has 1 aromatic heterocycles. The summed E-state index contributed by atoms with van der Waals surface area (Å²) in [6.07, 6.45) is 1.58. The van der Waals surface area contributed by atoms with Crippen LogP contribution >= 0.6 is 0 Å². The predicted octanol–water partition coefficient (Wildman–Crippen LogP) is 3.62. The molecule has 0 radical (unpaired) electrons. The number of amides is 1. The SMILES string of the molecule is CCC(CC)C(=O)Nc1ccc(Nc2cc(OC)c(OC)c(OC)c2)nn1. The Kier molecular flexibility index (Phi) is 7.22. The maximum atomic E-state index is 12.1. The molecule has 1 aromatic carbocycles. The summed E-state index contributed by atoms with van der Waals surface area (Å²) in [7, 11) is 4.66. The van der Waals surface area contributed by atoms with E-state index in [9.17, 15) is 4.79 Å². The van der Waals surface area contributed by atoms with Gasteiger partial charge in [-0.05, 0) is 25.0 Å². The highest BCUT2D eigenvalue weighted by atomic mass is 16.5. The molecule has 2 N–H and O–H groups in total. The van der Waals surface area contributed by atoms with Crippen molar-refractivity contribution in [1.29, 1.82) is 0 Å². The Labute approximate surface area is 159 Å². The molecule has 0 saturated carbocycles. The molecule has 0 aliphatic heterocycles. The third kappa shape index (κ3) is 4.99. The number of methoxy groups -OCH3 is 3. The zero-order chi connectivity index (χ0) is 19.8. The van der Waals surface area contributed by atoms with Crippen molar-refractivity contribution in [2.45, 2.75) is 26.7 Å². The Balaban J connectivity index is 2.13. The first-order valence-corrected chi connectivity index (χ1v) is 8.77. The lowest BCUT2D eigenvalue weighted by atomic mass is 10.0. The fraction of sp³-hybridized carbons (Fsp3) is 0.421. The van der Waals surface area contributed by atoms with Gasteiger partial charge in [-0.1, -0.05) is 13.8 Å². The monoisotopic (exact) mass is 374 g/mol. The molecule has 1 heterocycles. The molecule has 0 aliphatic carbocycles. The quantitative estimate of drug-likeness (QED) is 0.692. The summed E-state index contributed by atoms with van der Waals surface area (Å²) in [5.41, 5.74) is 0.701. The van der Waals surface area contributed by atoms with Gasteiger partial charge in [-0.15, -0.1) is 10.2 Å². The highest BCUT2D eigenvalue weighted by Crippen LogP contribution is 2.40. The van der Waals surface area contributed by atoms with Crippen LogP contribution in [0.15, 0.2) is 24.3 Å². The van der Waals surface area contributed by atoms with Gasteiger partial charge in [0.25, 0.3) is 0 Å². The number of hydrogen-bond donors (Lipinski definition) is 2. The summed E-state index contributed by atoms with van der Waals surface area (Å²) in [4.78, 5) is 12.1. The average molecular weight is 374 g/mol. The highest BCUT2D eigenvalue weighted by molar-refractivity contribution is 5.91. The van der Waals surface area contributed by atoms with Crippen LogP contribution in [-0.4, -0.2) is 37.4 Å². The molecule has 0 atom stereocenters. The smallest absolute Gasteiger partial charge is 0.228 e. The standard InChI is InChI=1S/C19H26N4O4/c1-6-12(7-2)19(24)21-17-9-8-16(22-23-17)20-13-10-14(25-3)18(27-5)15(11-13)26-4/h8-12H,6-7H2,1-5H3,(H,20,22)(H,21,23,24). The molecule has 27 heavy (non-hydrogen) atoms. The van der Waals surface area contributed by atoms with Crippen molar-refractivity contribution in [1.82, 2.24) is 10.2 Å². The lowest BCUT2D eigenvalue weighted by molar-refractivity contribution is -0.120. The van der Waals surface area contributed by atoms with Gasteiger partial charge in [0.15, 0.2) is 23.1 Å². The van der Waals surface area contributed by atoms with Crippen molar-refractivity contribution in [3.8, 4) is 17.2 Å². The summed E-state index contributed by atoms with van der Waals surface area (Å²) in [6.45, 7) is 3.98. The first kappa shape index (κ1) is 20.3. The number of aromatic nitrogens is 2. The van der Waals surface area contributed by atoms with E-state index in [-0.39, 0.29) is 11.8 Å². The van der Waals surface area contributed by atoms with Crippen LogP contribution in [0, 0.1) is 5.92 Å². The number of anilines is 3. The summed E-state index contributed by atoms with van der Waals surface area (Å²) >= 11 is 0. The van der Waals surface area contributed by atoms with Crippen LogP contribution in [0.25, 0.3) is 0 Å². The van der Waals surface area contributed by atoms with Crippen LogP contribution in [0.3, 0.4) is 0 Å². The molecule has 8 nitrogen and oxygen atoms in total. The zero-order valence-corrected chi connectivity index (χ0v) is 16.3. The fourth-order valence-corrected chi connectivity index (χ4v) is 2.65. The minimum atomic E-state index is -0.0420. The second-order valence-electron chi connectivity index (χ2n) is 5.85. The second kappa shape index (κ2) is 9.61. The molecule has 0 unspecified atom stereocenters. The van der Waals surface area contributed by atoms with E-state index in [1.165, 1.54) is 0 Å². The van der Waals surface area contributed by atoms with Crippen LogP contribution in [-0.2, 0) is 4.79 Å². The van der Waals surface area contributed by atoms with Gasteiger partial charge in [-0.3, -0.25) is 4.79 Å². The van der Waals surface area contributed by atoms with E-state index in [2.05, 4.69) is 20.8 Å². The minimum absolute atomic E-state index is 0.0242. The molecular weight excluding hydrogens is 348 g/mol. The molecule has 0 fully saturated rings. The highest BCUT2D eigenvalue weighted by Gasteiger charge is 2.15. The fourth-order valence-electron chi connectivity index (χ4n) is 2.65. The Morgan fingerprint density at radius 1 is 0.963 bits per heavy atom. The molecule has 0 bridgehead atoms. The van der Waals surface area contributed by atoms with Gasteiger partial charge in [-0.2, -0.15) is 0 Å². The minimum Gasteiger partial charge on any atom is -0.493 e. The molecule has 0 spiro atoms. The van der Waals surface area contributed by atoms with Crippen molar-refractivity contribution in [3.05, 3.63) is 24.3 Å². The van der Waals surface area contributed by atoms with Gasteiger partial charge < -0.3 is 24.8 Å². The van der Waals surface area contributed by atoms with Gasteiger partial charge in [-0.25, -0.2) is 0 Å². The maximum Gasteiger partial charge on any atom is 0.228 e. The number of carbonyl (C=O) groups is 1. The van der Waals surface area contributed by atoms with E-state index in [1.54, 1.807) is 45.6 Å². The van der Waals surface area contributed by atoms with E-state index >= 15 is 0 Å². The van der Waals surface area contributed by atoms with Crippen LogP contribution in [0.2, 0.25) is 0 Å². The number of hydrogen-bond acceptors (Lipinski definition) is 7. The number of benzene rings is 1. The maximum absolute atomic E-state index is 12.1. The Morgan fingerprint density at radius 2 is 1.52 bits per heavy atom. The molecule has 1 amide bonds. The van der Waals surface area contributed by atoms with E-state index in [0.717, 1.165) is 12.8 Å². The predicted molar refractivity (Wildman–Crippen MR) is 104 cm³/mol. The zero-order valence-electron chi connectivity index (χ0n) is 16.3. The van der Waals surface area contributed by atoms with Gasteiger partial charge in [0.2, 0.25) is 11.7 Å². The number of nitrogens with one attached hydrogen (secondary N) is 2. The Hall–Kier alpha value is -3.03. The van der Waals surface area contributed by atoms with Crippen LogP contribution in [0.1, 0.15) is 26.7 Å². The molecular formula is C19H26N4O4. The van der Waals surface area contributed by atoms with Crippen molar-refractivity contribution in [2.24, 2.45) is 5.92 Å². The lowest BCUT2D eigenvalue weighted by Gasteiger charge is -2.15. The summed E-state index contributed by atoms with van der Waals surface area (Å²) in [6, 6.07) is 6.98. The summed E-state index contributed by atoms with van der Waals surface area (Å²) in [5, 5.41) is 14.1. The first-order chi connectivity index (χ1) is 13.1. The van der Waals surface area contributed by atoms with E-state index in [4.69, 9.17) is 14.2 Å². The van der Waals surface area contributed by atoms with E-state index in [1.807, 2.05) is 13.8 Å². The normalized spacial score (nSPS) is 10.4. The van der Waals surface area contributed by atoms with Gasteiger partial charge >= 0.3 is 0 Å². The number of nitrogens with zero attached hydrogens (tertiary/aromatic N) is 2. The number of ether oxygens (including phenoxy) is 3. The van der Waals surface area contributed by atoms with Crippen molar-refractivity contribution >= 4 is 23.2 Å². The molecule has 8 heteroatoms. The van der Waals surface area contributed by atoms with Crippen molar-refractivity contribution in [3.63, 3.8) is 0 Å². The molecule has 2 aromatic rings. The Morgan fingerprint density at radius 3 is 1.96 bits per heavy atom. The van der Waals surface area contributed by atoms with Gasteiger partial charge in [0.05, 0.1) is 21.3 Å². The second-order valence-corrected chi connectivity index (χ2v) is 5.85. The Bertz CT molecular complexity index is 736. The van der Waals surface area contributed by atoms with Crippen LogP contribution in [0.5, 0.6) is 17.2 Å². The number of rotatable bonds is 9. The van der Waals surface area contributed by atoms with Gasteiger partial charge in [0, 0.05) is 23.7 Å². The summed E-state index contributed by atoms with van der Waals surface area (Å²) < 4.78 is 16.0. The molecule has 2 rings (SSSR count). The molecule has 0 aliphatic rings. The lowest BCUT2D eigenvalue weighted by Crippen LogP contribution is -2.22. The first-order valence-electron chi connectivity index (χ1n) is 8.77. The van der Waals surface area contributed by atoms with E-state index in [0.29, 0.717) is 34.6 Å². The number of carbonyl (C=O) groups excluding carboxylic acids is 1. The van der Waals surface area contributed by atoms with Crippen molar-refractivity contribution < 1.29 is 19.0 Å². The topological polar surface area (TPSA) is 94.6 Å². The van der Waals surface area contributed by atoms with Crippen molar-refractivity contribution in [2.75, 3.05) is 32.0 Å². The van der Waals surface area contributed by atoms with E-state index < -0.39 is 0 Å². The third-order valence-electron chi connectivity index (χ3n) is 4.21. The largest absolute Gasteiger partial charge is 0.493 e. The van der Waals surface area contributed by atoms with Crippen LogP contribution in [0.4, 0.5) is 17.3 Å². The molecule has 0 saturated heterocycles.